The summed E-state index contributed by atoms with van der Waals surface area (Å²) in [6.07, 6.45) is -0.461. The molecule has 1 aromatic rings. The van der Waals surface area contributed by atoms with Crippen molar-refractivity contribution in [3.63, 3.8) is 0 Å². The molecular weight excluding hydrogens is 594 g/mol. The van der Waals surface area contributed by atoms with Crippen LogP contribution in [0.4, 0.5) is 4.79 Å². The van der Waals surface area contributed by atoms with E-state index in [0.717, 1.165) is 0 Å². The Kier molecular flexibility index (Phi) is 24.7. The highest BCUT2D eigenvalue weighted by molar-refractivity contribution is 6.40. The van der Waals surface area contributed by atoms with Crippen molar-refractivity contribution >= 4 is 17.8 Å². The van der Waals surface area contributed by atoms with E-state index in [-0.39, 0.29) is 13.2 Å². The molecule has 0 aliphatic carbocycles. The summed E-state index contributed by atoms with van der Waals surface area (Å²) in [5, 5.41) is 2.62. The zero-order valence-corrected chi connectivity index (χ0v) is 26.9. The average molecular weight is 646 g/mol. The molecule has 0 saturated heterocycles. The summed E-state index contributed by atoms with van der Waals surface area (Å²) in [5.74, 6) is -1.58. The Morgan fingerprint density at radius 2 is 0.889 bits per heavy atom. The zero-order valence-electron chi connectivity index (χ0n) is 26.9. The number of Topliss-reactive ketones (excluding diaryl/α,β-unsaturated/α-hetero) is 1. The number of ketones is 1. The van der Waals surface area contributed by atoms with E-state index in [9.17, 15) is 14.4 Å². The zero-order chi connectivity index (χ0) is 32.9. The van der Waals surface area contributed by atoms with Crippen molar-refractivity contribution in [1.82, 2.24) is 5.32 Å². The maximum absolute atomic E-state index is 11.9. The Morgan fingerprint density at radius 1 is 0.533 bits per heavy atom. The van der Waals surface area contributed by atoms with Crippen molar-refractivity contribution in [3.05, 3.63) is 35.9 Å². The molecule has 0 bridgehead atoms. The van der Waals surface area contributed by atoms with E-state index in [2.05, 4.69) is 5.32 Å². The summed E-state index contributed by atoms with van der Waals surface area (Å²) in [6.45, 7) is 12.5. The SMILES string of the molecule is CC(C)(C)OC(=O)NCCOCCOCCOCCOCCOCCOCCOCCOCCOC(=O)C(=O)c1ccccc1. The van der Waals surface area contributed by atoms with Crippen LogP contribution in [0.1, 0.15) is 31.1 Å². The highest BCUT2D eigenvalue weighted by Gasteiger charge is 2.17. The molecular formula is C31H51NO13. The molecule has 0 spiro atoms. The van der Waals surface area contributed by atoms with Gasteiger partial charge in [0.2, 0.25) is 0 Å². The first-order chi connectivity index (χ1) is 21.8. The van der Waals surface area contributed by atoms with E-state index in [1.807, 2.05) is 20.8 Å². The van der Waals surface area contributed by atoms with Crippen LogP contribution in [-0.2, 0) is 52.2 Å². The van der Waals surface area contributed by atoms with Crippen molar-refractivity contribution in [2.45, 2.75) is 26.4 Å². The van der Waals surface area contributed by atoms with Crippen molar-refractivity contribution in [2.24, 2.45) is 0 Å². The summed E-state index contributed by atoms with van der Waals surface area (Å²) < 4.78 is 53.3. The Bertz CT molecular complexity index is 880. The summed E-state index contributed by atoms with van der Waals surface area (Å²) in [4.78, 5) is 35.1. The van der Waals surface area contributed by atoms with Crippen LogP contribution >= 0.6 is 0 Å². The number of rotatable bonds is 29. The lowest BCUT2D eigenvalue weighted by Crippen LogP contribution is -2.34. The van der Waals surface area contributed by atoms with E-state index in [1.165, 1.54) is 0 Å². The lowest BCUT2D eigenvalue weighted by atomic mass is 10.1. The summed E-state index contributed by atoms with van der Waals surface area (Å²) >= 11 is 0. The van der Waals surface area contributed by atoms with Gasteiger partial charge in [-0.1, -0.05) is 30.3 Å². The number of hydrogen-bond donors (Lipinski definition) is 1. The molecule has 1 amide bonds. The fraction of sp³-hybridized carbons (Fsp3) is 0.710. The number of benzene rings is 1. The van der Waals surface area contributed by atoms with Gasteiger partial charge in [0.25, 0.3) is 5.78 Å². The average Bonchev–Trinajstić information content (AvgIpc) is 3.01. The molecule has 0 aromatic heterocycles. The van der Waals surface area contributed by atoms with Gasteiger partial charge in [0, 0.05) is 12.1 Å². The van der Waals surface area contributed by atoms with Crippen molar-refractivity contribution in [3.8, 4) is 0 Å². The molecule has 1 N–H and O–H groups in total. The Morgan fingerprint density at radius 3 is 1.27 bits per heavy atom. The first-order valence-corrected chi connectivity index (χ1v) is 15.1. The molecule has 0 atom stereocenters. The van der Waals surface area contributed by atoms with Gasteiger partial charge in [-0.3, -0.25) is 4.79 Å². The molecule has 0 saturated carbocycles. The molecule has 258 valence electrons. The normalized spacial score (nSPS) is 11.4. The summed E-state index contributed by atoms with van der Waals surface area (Å²) in [7, 11) is 0. The molecule has 14 nitrogen and oxygen atoms in total. The largest absolute Gasteiger partial charge is 0.457 e. The molecule has 0 unspecified atom stereocenters. The fourth-order valence-electron chi connectivity index (χ4n) is 3.15. The van der Waals surface area contributed by atoms with E-state index < -0.39 is 23.4 Å². The van der Waals surface area contributed by atoms with Gasteiger partial charge < -0.3 is 52.7 Å². The van der Waals surface area contributed by atoms with E-state index in [4.69, 9.17) is 47.4 Å². The van der Waals surface area contributed by atoms with Gasteiger partial charge in [-0.05, 0) is 20.8 Å². The second-order valence-corrected chi connectivity index (χ2v) is 10.2. The molecule has 0 aliphatic heterocycles. The molecule has 0 heterocycles. The van der Waals surface area contributed by atoms with Crippen LogP contribution in [0.2, 0.25) is 0 Å². The third-order valence-electron chi connectivity index (χ3n) is 5.20. The predicted molar refractivity (Wildman–Crippen MR) is 163 cm³/mol. The number of nitrogens with one attached hydrogen (secondary N) is 1. The monoisotopic (exact) mass is 645 g/mol. The third kappa shape index (κ3) is 26.3. The quantitative estimate of drug-likeness (QED) is 0.0585. The number of hydrogen-bond acceptors (Lipinski definition) is 13. The van der Waals surface area contributed by atoms with E-state index >= 15 is 0 Å². The Balaban J connectivity index is 1.70. The fourth-order valence-corrected chi connectivity index (χ4v) is 3.15. The first kappa shape index (κ1) is 40.3. The summed E-state index contributed by atoms with van der Waals surface area (Å²) in [6, 6.07) is 8.24. The highest BCUT2D eigenvalue weighted by Crippen LogP contribution is 2.06. The lowest BCUT2D eigenvalue weighted by Gasteiger charge is -2.19. The number of esters is 1. The number of carbonyl (C=O) groups excluding carboxylic acids is 3. The van der Waals surface area contributed by atoms with Crippen LogP contribution in [0.3, 0.4) is 0 Å². The van der Waals surface area contributed by atoms with Crippen molar-refractivity contribution in [1.29, 1.82) is 0 Å². The molecule has 45 heavy (non-hydrogen) atoms. The maximum atomic E-state index is 11.9. The Hall–Kier alpha value is -2.69. The molecule has 0 fully saturated rings. The van der Waals surface area contributed by atoms with Gasteiger partial charge in [-0.2, -0.15) is 0 Å². The first-order valence-electron chi connectivity index (χ1n) is 15.1. The molecule has 0 aliphatic rings. The second-order valence-electron chi connectivity index (χ2n) is 10.2. The van der Waals surface area contributed by atoms with Gasteiger partial charge in [0.15, 0.2) is 0 Å². The van der Waals surface area contributed by atoms with E-state index in [0.29, 0.717) is 111 Å². The number of ether oxygens (including phenoxy) is 10. The van der Waals surface area contributed by atoms with Crippen LogP contribution in [0.5, 0.6) is 0 Å². The standard InChI is InChI=1S/C31H51NO13/c1-31(2,3)45-30(35)32-9-10-36-11-12-37-13-14-38-15-16-39-17-18-40-19-20-41-21-22-42-23-24-43-25-26-44-29(34)28(33)27-7-5-4-6-8-27/h4-8H,9-26H2,1-3H3,(H,32,35). The van der Waals surface area contributed by atoms with Crippen LogP contribution < -0.4 is 5.32 Å². The van der Waals surface area contributed by atoms with Crippen molar-refractivity contribution in [2.75, 3.05) is 119 Å². The maximum Gasteiger partial charge on any atom is 0.407 e. The smallest absolute Gasteiger partial charge is 0.407 e. The van der Waals surface area contributed by atoms with Crippen LogP contribution in [0.25, 0.3) is 0 Å². The van der Waals surface area contributed by atoms with Gasteiger partial charge in [-0.15, -0.1) is 0 Å². The van der Waals surface area contributed by atoms with E-state index in [1.54, 1.807) is 30.3 Å². The summed E-state index contributed by atoms with van der Waals surface area (Å²) in [5.41, 5.74) is -0.226. The minimum atomic E-state index is -0.901. The van der Waals surface area contributed by atoms with Gasteiger partial charge >= 0.3 is 12.1 Å². The van der Waals surface area contributed by atoms with Crippen molar-refractivity contribution < 1.29 is 61.8 Å². The second kappa shape index (κ2) is 27.6. The third-order valence-corrected chi connectivity index (χ3v) is 5.20. The predicted octanol–water partition coefficient (Wildman–Crippen LogP) is 2.07. The van der Waals surface area contributed by atoms with Crippen LogP contribution in [0.15, 0.2) is 30.3 Å². The number of amides is 1. The Labute approximate surface area is 266 Å². The van der Waals surface area contributed by atoms with Gasteiger partial charge in [0.1, 0.15) is 12.2 Å². The molecule has 1 rings (SSSR count). The van der Waals surface area contributed by atoms with Crippen LogP contribution in [0, 0.1) is 0 Å². The topological polar surface area (TPSA) is 156 Å². The van der Waals surface area contributed by atoms with Gasteiger partial charge in [-0.25, -0.2) is 9.59 Å². The lowest BCUT2D eigenvalue weighted by molar-refractivity contribution is -0.139. The highest BCUT2D eigenvalue weighted by atomic mass is 16.6. The molecule has 1 aromatic carbocycles. The van der Waals surface area contributed by atoms with Crippen LogP contribution in [-0.4, -0.2) is 142 Å². The number of alkyl carbamates (subject to hydrolysis) is 1. The number of carbonyl (C=O) groups is 3. The minimum absolute atomic E-state index is 0.00656. The molecule has 0 radical (unpaired) electrons. The van der Waals surface area contributed by atoms with Gasteiger partial charge in [0.05, 0.1) is 106 Å². The molecule has 14 heteroatoms. The minimum Gasteiger partial charge on any atom is -0.457 e.